The molecule has 0 unspecified atom stereocenters. The third-order valence-electron chi connectivity index (χ3n) is 9.06. The number of nitrogens with zero attached hydrogens (tertiary/aromatic N) is 1. The van der Waals surface area contributed by atoms with Crippen molar-refractivity contribution in [2.75, 3.05) is 26.7 Å². The van der Waals surface area contributed by atoms with Gasteiger partial charge in [0, 0.05) is 25.6 Å². The number of esters is 2. The van der Waals surface area contributed by atoms with Crippen molar-refractivity contribution in [2.24, 2.45) is 23.7 Å². The van der Waals surface area contributed by atoms with Gasteiger partial charge in [0.25, 0.3) is 0 Å². The first-order chi connectivity index (χ1) is 18.3. The minimum Gasteiger partial charge on any atom is -0.468 e. The Hall–Kier alpha value is -2.18. The molecule has 1 saturated carbocycles. The highest BCUT2D eigenvalue weighted by Gasteiger charge is 2.55. The first kappa shape index (κ1) is 28.8. The van der Waals surface area contributed by atoms with Gasteiger partial charge in [0.2, 0.25) is 0 Å². The molecule has 1 N–H and O–H groups in total. The average Bonchev–Trinajstić information content (AvgIpc) is 3.30. The van der Waals surface area contributed by atoms with Crippen LogP contribution >= 0.6 is 0 Å². The van der Waals surface area contributed by atoms with Crippen LogP contribution in [0.15, 0.2) is 42.0 Å². The topological polar surface area (TPSA) is 67.9 Å². The fourth-order valence-corrected chi connectivity index (χ4v) is 7.05. The van der Waals surface area contributed by atoms with Crippen LogP contribution in [0.5, 0.6) is 0 Å². The number of rotatable bonds is 9. The third-order valence-corrected chi connectivity index (χ3v) is 9.06. The van der Waals surface area contributed by atoms with E-state index >= 15 is 0 Å². The van der Waals surface area contributed by atoms with Crippen molar-refractivity contribution < 1.29 is 19.1 Å². The summed E-state index contributed by atoms with van der Waals surface area (Å²) in [5, 5.41) is 3.68. The molecule has 0 spiro atoms. The van der Waals surface area contributed by atoms with Crippen LogP contribution in [-0.2, 0) is 25.5 Å². The lowest BCUT2D eigenvalue weighted by molar-refractivity contribution is -0.161. The Morgan fingerprint density at radius 1 is 1.18 bits per heavy atom. The Kier molecular flexibility index (Phi) is 9.69. The average molecular weight is 525 g/mol. The number of nitrogens with one attached hydrogen (secondary N) is 1. The molecule has 0 aromatic heterocycles. The zero-order valence-electron chi connectivity index (χ0n) is 24.1. The van der Waals surface area contributed by atoms with E-state index in [1.165, 1.54) is 19.1 Å². The molecule has 6 atom stereocenters. The summed E-state index contributed by atoms with van der Waals surface area (Å²) in [5.74, 6) is 0.488. The van der Waals surface area contributed by atoms with Gasteiger partial charge in [-0.2, -0.15) is 0 Å². The smallest absolute Gasteiger partial charge is 0.326 e. The largest absolute Gasteiger partial charge is 0.468 e. The van der Waals surface area contributed by atoms with Crippen molar-refractivity contribution in [3.05, 3.63) is 47.5 Å². The SMILES string of the molecule is CCCN1CCC=C([C@@H]2N[C@](Cc3ccccc3)(C(=O)OC)C[C@@H]2C(=O)O[C@@H]2C[C@H](C)CC[C@H]2C(C)C)C1. The lowest BCUT2D eigenvalue weighted by Gasteiger charge is -2.37. The number of ether oxygens (including phenoxy) is 2. The number of carbonyl (C=O) groups excluding carboxylic acids is 2. The molecule has 1 saturated heterocycles. The maximum absolute atomic E-state index is 14.0. The molecule has 0 bridgehead atoms. The van der Waals surface area contributed by atoms with E-state index in [-0.39, 0.29) is 24.1 Å². The molecule has 38 heavy (non-hydrogen) atoms. The maximum atomic E-state index is 14.0. The molecule has 210 valence electrons. The van der Waals surface area contributed by atoms with Gasteiger partial charge in [-0.05, 0) is 67.5 Å². The summed E-state index contributed by atoms with van der Waals surface area (Å²) in [7, 11) is 1.44. The Morgan fingerprint density at radius 3 is 2.63 bits per heavy atom. The second-order valence-electron chi connectivity index (χ2n) is 12.3. The monoisotopic (exact) mass is 524 g/mol. The normalized spacial score (nSPS) is 32.2. The molecule has 1 aromatic rings. The Balaban J connectivity index is 1.64. The van der Waals surface area contributed by atoms with Crippen LogP contribution in [0.1, 0.15) is 71.8 Å². The molecule has 6 heteroatoms. The van der Waals surface area contributed by atoms with Crippen molar-refractivity contribution in [1.29, 1.82) is 0 Å². The minimum absolute atomic E-state index is 0.0638. The fraction of sp³-hybridized carbons (Fsp3) is 0.688. The van der Waals surface area contributed by atoms with Gasteiger partial charge in [-0.25, -0.2) is 0 Å². The molecule has 6 nitrogen and oxygen atoms in total. The van der Waals surface area contributed by atoms with Crippen molar-refractivity contribution >= 4 is 11.9 Å². The lowest BCUT2D eigenvalue weighted by Crippen LogP contribution is -2.53. The summed E-state index contributed by atoms with van der Waals surface area (Å²) < 4.78 is 11.8. The van der Waals surface area contributed by atoms with E-state index < -0.39 is 11.5 Å². The fourth-order valence-electron chi connectivity index (χ4n) is 7.05. The van der Waals surface area contributed by atoms with Crippen molar-refractivity contribution in [1.82, 2.24) is 10.2 Å². The molecule has 0 radical (unpaired) electrons. The van der Waals surface area contributed by atoms with Gasteiger partial charge >= 0.3 is 11.9 Å². The second kappa shape index (κ2) is 12.8. The van der Waals surface area contributed by atoms with Gasteiger partial charge in [0.15, 0.2) is 0 Å². The molecule has 2 heterocycles. The van der Waals surface area contributed by atoms with E-state index in [2.05, 4.69) is 44.0 Å². The number of hydrogen-bond donors (Lipinski definition) is 1. The molecule has 2 fully saturated rings. The Bertz CT molecular complexity index is 977. The molecule has 0 amide bonds. The Morgan fingerprint density at radius 2 is 1.95 bits per heavy atom. The van der Waals surface area contributed by atoms with E-state index in [9.17, 15) is 9.59 Å². The summed E-state index contributed by atoms with van der Waals surface area (Å²) in [5.41, 5.74) is 1.27. The summed E-state index contributed by atoms with van der Waals surface area (Å²) >= 11 is 0. The summed E-state index contributed by atoms with van der Waals surface area (Å²) in [6.45, 7) is 11.8. The molecule has 1 aliphatic carbocycles. The number of benzene rings is 1. The van der Waals surface area contributed by atoms with Gasteiger partial charge in [-0.1, -0.05) is 70.5 Å². The third kappa shape index (κ3) is 6.51. The van der Waals surface area contributed by atoms with E-state index in [0.717, 1.165) is 50.9 Å². The van der Waals surface area contributed by atoms with Gasteiger partial charge in [-0.15, -0.1) is 0 Å². The van der Waals surface area contributed by atoms with Gasteiger partial charge in [0.1, 0.15) is 11.6 Å². The van der Waals surface area contributed by atoms with Crippen molar-refractivity contribution in [3.8, 4) is 0 Å². The van der Waals surface area contributed by atoms with E-state index in [1.54, 1.807) is 0 Å². The zero-order chi connectivity index (χ0) is 27.3. The Labute approximate surface area is 229 Å². The predicted molar refractivity (Wildman–Crippen MR) is 151 cm³/mol. The van der Waals surface area contributed by atoms with Crippen LogP contribution in [0.25, 0.3) is 0 Å². The summed E-state index contributed by atoms with van der Waals surface area (Å²) in [6, 6.07) is 9.77. The van der Waals surface area contributed by atoms with Gasteiger partial charge in [-0.3, -0.25) is 19.8 Å². The molecule has 4 rings (SSSR count). The zero-order valence-corrected chi connectivity index (χ0v) is 24.1. The maximum Gasteiger partial charge on any atom is 0.326 e. The predicted octanol–water partition coefficient (Wildman–Crippen LogP) is 5.17. The summed E-state index contributed by atoms with van der Waals surface area (Å²) in [4.78, 5) is 29.9. The molecule has 1 aromatic carbocycles. The van der Waals surface area contributed by atoms with Crippen LogP contribution in [0.2, 0.25) is 0 Å². The van der Waals surface area contributed by atoms with Crippen LogP contribution in [0, 0.1) is 23.7 Å². The van der Waals surface area contributed by atoms with Crippen LogP contribution in [-0.4, -0.2) is 61.3 Å². The summed E-state index contributed by atoms with van der Waals surface area (Å²) in [6.07, 6.45) is 8.30. The number of carbonyl (C=O) groups is 2. The highest BCUT2D eigenvalue weighted by Crippen LogP contribution is 2.40. The highest BCUT2D eigenvalue weighted by atomic mass is 16.5. The van der Waals surface area contributed by atoms with Crippen molar-refractivity contribution in [3.63, 3.8) is 0 Å². The second-order valence-corrected chi connectivity index (χ2v) is 12.3. The lowest BCUT2D eigenvalue weighted by atomic mass is 9.75. The van der Waals surface area contributed by atoms with E-state index in [4.69, 9.17) is 9.47 Å². The quantitative estimate of drug-likeness (QED) is 0.355. The first-order valence-corrected chi connectivity index (χ1v) is 14.8. The standard InChI is InChI=1S/C32H48N2O4/c1-6-16-34-17-10-13-25(21-34)29-27(30(35)38-28-18-23(4)14-15-26(28)22(2)3)20-32(33-29,31(36)37-5)19-24-11-8-7-9-12-24/h7-9,11-13,22-23,26-29,33H,6,10,14-21H2,1-5H3/t23-,26+,27+,28-,29+,32+/m1/s1. The molecule has 2 aliphatic heterocycles. The molecular formula is C32H48N2O4. The first-order valence-electron chi connectivity index (χ1n) is 14.8. The van der Waals surface area contributed by atoms with E-state index in [1.807, 2.05) is 30.3 Å². The number of methoxy groups -OCH3 is 1. The van der Waals surface area contributed by atoms with Crippen LogP contribution in [0.3, 0.4) is 0 Å². The molecule has 3 aliphatic rings. The van der Waals surface area contributed by atoms with Gasteiger partial charge in [0.05, 0.1) is 13.0 Å². The van der Waals surface area contributed by atoms with Crippen LogP contribution in [0.4, 0.5) is 0 Å². The van der Waals surface area contributed by atoms with Gasteiger partial charge < -0.3 is 9.47 Å². The number of hydrogen-bond acceptors (Lipinski definition) is 6. The van der Waals surface area contributed by atoms with Crippen LogP contribution < -0.4 is 5.32 Å². The molecular weight excluding hydrogens is 476 g/mol. The van der Waals surface area contributed by atoms with Crippen molar-refractivity contribution in [2.45, 2.75) is 90.3 Å². The minimum atomic E-state index is -0.977. The van der Waals surface area contributed by atoms with E-state index in [0.29, 0.717) is 30.6 Å². The highest BCUT2D eigenvalue weighted by molar-refractivity contribution is 5.85.